The van der Waals surface area contributed by atoms with Crippen LogP contribution < -0.4 is 5.32 Å². The van der Waals surface area contributed by atoms with Crippen LogP contribution in [0.1, 0.15) is 37.8 Å². The van der Waals surface area contributed by atoms with Crippen molar-refractivity contribution in [2.75, 3.05) is 13.4 Å². The Hall–Kier alpha value is -0.910. The summed E-state index contributed by atoms with van der Waals surface area (Å²) in [5.74, 6) is 0. The second kappa shape index (κ2) is 6.24. The molecule has 1 aromatic carbocycles. The largest absolute Gasteiger partial charge is 0.380 e. The Morgan fingerprint density at radius 1 is 1.25 bits per heavy atom. The van der Waals surface area contributed by atoms with Crippen molar-refractivity contribution < 1.29 is 13.2 Å². The summed E-state index contributed by atoms with van der Waals surface area (Å²) < 4.78 is 28.4. The van der Waals surface area contributed by atoms with Gasteiger partial charge in [-0.2, -0.15) is 0 Å². The van der Waals surface area contributed by atoms with Gasteiger partial charge in [0.05, 0.1) is 11.0 Å². The van der Waals surface area contributed by atoms with Crippen LogP contribution in [0, 0.1) is 0 Å². The molecule has 0 bridgehead atoms. The van der Waals surface area contributed by atoms with Crippen molar-refractivity contribution in [3.63, 3.8) is 0 Å². The quantitative estimate of drug-likeness (QED) is 0.906. The first-order valence-electron chi connectivity index (χ1n) is 7.00. The summed E-state index contributed by atoms with van der Waals surface area (Å²) in [4.78, 5) is 0.365. The average molecular weight is 297 g/mol. The highest BCUT2D eigenvalue weighted by Crippen LogP contribution is 2.25. The van der Waals surface area contributed by atoms with E-state index in [1.807, 2.05) is 12.1 Å². The minimum Gasteiger partial charge on any atom is -0.380 e. The number of methoxy groups -OCH3 is 1. The number of sulfone groups is 1. The van der Waals surface area contributed by atoms with Crippen LogP contribution in [0.5, 0.6) is 0 Å². The molecule has 1 N–H and O–H groups in total. The van der Waals surface area contributed by atoms with Crippen LogP contribution in [0.15, 0.2) is 29.2 Å². The highest BCUT2D eigenvalue weighted by molar-refractivity contribution is 7.90. The zero-order valence-corrected chi connectivity index (χ0v) is 13.1. The van der Waals surface area contributed by atoms with Crippen molar-refractivity contribution in [3.05, 3.63) is 29.8 Å². The lowest BCUT2D eigenvalue weighted by Gasteiger charge is -2.24. The topological polar surface area (TPSA) is 55.4 Å². The maximum Gasteiger partial charge on any atom is 0.175 e. The van der Waals surface area contributed by atoms with Gasteiger partial charge in [-0.15, -0.1) is 0 Å². The van der Waals surface area contributed by atoms with Gasteiger partial charge in [-0.05, 0) is 43.9 Å². The van der Waals surface area contributed by atoms with Gasteiger partial charge in [0.15, 0.2) is 9.84 Å². The molecule has 112 valence electrons. The van der Waals surface area contributed by atoms with E-state index in [1.165, 1.54) is 12.7 Å². The Morgan fingerprint density at radius 3 is 2.45 bits per heavy atom. The number of ether oxygens (including phenoxy) is 1. The van der Waals surface area contributed by atoms with Gasteiger partial charge in [0.1, 0.15) is 0 Å². The molecule has 0 aliphatic heterocycles. The molecule has 0 heterocycles. The predicted octanol–water partition coefficient (Wildman–Crippen LogP) is 2.31. The number of hydrogen-bond donors (Lipinski definition) is 1. The van der Waals surface area contributed by atoms with Crippen molar-refractivity contribution >= 4 is 9.84 Å². The summed E-state index contributed by atoms with van der Waals surface area (Å²) in [5.41, 5.74) is 1.10. The summed E-state index contributed by atoms with van der Waals surface area (Å²) in [6.07, 6.45) is 4.94. The van der Waals surface area contributed by atoms with Gasteiger partial charge < -0.3 is 10.1 Å². The lowest BCUT2D eigenvalue weighted by molar-refractivity contribution is 0.0820. The molecule has 1 aliphatic carbocycles. The third-order valence-electron chi connectivity index (χ3n) is 4.03. The summed E-state index contributed by atoms with van der Waals surface area (Å²) in [5, 5.41) is 3.58. The van der Waals surface area contributed by atoms with Crippen LogP contribution in [0.3, 0.4) is 0 Å². The molecule has 0 aromatic heterocycles. The number of benzene rings is 1. The van der Waals surface area contributed by atoms with Crippen LogP contribution in [0.25, 0.3) is 0 Å². The Balaban J connectivity index is 2.04. The molecule has 0 saturated heterocycles. The highest BCUT2D eigenvalue weighted by atomic mass is 32.2. The zero-order valence-electron chi connectivity index (χ0n) is 12.3. The molecule has 5 heteroatoms. The van der Waals surface area contributed by atoms with Gasteiger partial charge in [0.25, 0.3) is 0 Å². The second-order valence-electron chi connectivity index (χ2n) is 5.54. The van der Waals surface area contributed by atoms with Crippen molar-refractivity contribution in [2.45, 2.75) is 49.3 Å². The normalized spacial score (nSPS) is 24.8. The molecule has 1 aliphatic rings. The van der Waals surface area contributed by atoms with Gasteiger partial charge in [-0.1, -0.05) is 12.1 Å². The van der Waals surface area contributed by atoms with Gasteiger partial charge in [-0.3, -0.25) is 0 Å². The molecule has 20 heavy (non-hydrogen) atoms. The Morgan fingerprint density at radius 2 is 1.90 bits per heavy atom. The van der Waals surface area contributed by atoms with Crippen LogP contribution in [0.2, 0.25) is 0 Å². The van der Waals surface area contributed by atoms with E-state index in [0.29, 0.717) is 10.9 Å². The van der Waals surface area contributed by atoms with E-state index >= 15 is 0 Å². The standard InChI is InChI=1S/C15H23NO3S/c1-11(16-14-5-4-6-15(14)19-2)12-7-9-13(10-8-12)20(3,17)18/h7-11,14-16H,4-6H2,1-3H3. The molecule has 3 atom stereocenters. The van der Waals surface area contributed by atoms with E-state index in [-0.39, 0.29) is 12.1 Å². The van der Waals surface area contributed by atoms with Crippen molar-refractivity contribution in [2.24, 2.45) is 0 Å². The number of nitrogens with one attached hydrogen (secondary N) is 1. The number of rotatable bonds is 5. The molecule has 1 fully saturated rings. The second-order valence-corrected chi connectivity index (χ2v) is 7.56. The Bertz CT molecular complexity index is 539. The molecule has 0 amide bonds. The van der Waals surface area contributed by atoms with Crippen LogP contribution in [-0.2, 0) is 14.6 Å². The van der Waals surface area contributed by atoms with Crippen molar-refractivity contribution in [3.8, 4) is 0 Å². The summed E-state index contributed by atoms with van der Waals surface area (Å²) in [7, 11) is -1.36. The fourth-order valence-electron chi connectivity index (χ4n) is 2.82. The van der Waals surface area contributed by atoms with Crippen LogP contribution >= 0.6 is 0 Å². The maximum absolute atomic E-state index is 11.4. The molecular weight excluding hydrogens is 274 g/mol. The van der Waals surface area contributed by atoms with E-state index in [2.05, 4.69) is 12.2 Å². The summed E-state index contributed by atoms with van der Waals surface area (Å²) >= 11 is 0. The SMILES string of the molecule is COC1CCCC1NC(C)c1ccc(S(C)(=O)=O)cc1. The lowest BCUT2D eigenvalue weighted by Crippen LogP contribution is -2.38. The number of hydrogen-bond acceptors (Lipinski definition) is 4. The van der Waals surface area contributed by atoms with Gasteiger partial charge >= 0.3 is 0 Å². The molecule has 1 aromatic rings. The fourth-order valence-corrected chi connectivity index (χ4v) is 3.45. The maximum atomic E-state index is 11.4. The van der Waals surface area contributed by atoms with Crippen LogP contribution in [-0.4, -0.2) is 33.9 Å². The van der Waals surface area contributed by atoms with Crippen molar-refractivity contribution in [1.29, 1.82) is 0 Å². The average Bonchev–Trinajstić information content (AvgIpc) is 2.85. The van der Waals surface area contributed by atoms with E-state index in [1.54, 1.807) is 19.2 Å². The smallest absolute Gasteiger partial charge is 0.175 e. The van der Waals surface area contributed by atoms with Crippen molar-refractivity contribution in [1.82, 2.24) is 5.32 Å². The third-order valence-corrected chi connectivity index (χ3v) is 5.16. The van der Waals surface area contributed by atoms with Gasteiger partial charge in [-0.25, -0.2) is 8.42 Å². The summed E-state index contributed by atoms with van der Waals surface area (Å²) in [6.45, 7) is 2.10. The van der Waals surface area contributed by atoms with Crippen LogP contribution in [0.4, 0.5) is 0 Å². The monoisotopic (exact) mass is 297 g/mol. The van der Waals surface area contributed by atoms with Gasteiger partial charge in [0, 0.05) is 25.4 Å². The summed E-state index contributed by atoms with van der Waals surface area (Å²) in [6, 6.07) is 7.67. The van der Waals surface area contributed by atoms with Gasteiger partial charge in [0.2, 0.25) is 0 Å². The van der Waals surface area contributed by atoms with E-state index < -0.39 is 9.84 Å². The third kappa shape index (κ3) is 3.59. The first kappa shape index (κ1) is 15.5. The Labute approximate surface area is 121 Å². The molecule has 2 rings (SSSR count). The first-order chi connectivity index (χ1) is 9.41. The minimum absolute atomic E-state index is 0.185. The Kier molecular flexibility index (Phi) is 4.83. The minimum atomic E-state index is -3.12. The van der Waals surface area contributed by atoms with E-state index in [4.69, 9.17) is 4.74 Å². The molecule has 0 radical (unpaired) electrons. The molecule has 1 saturated carbocycles. The zero-order chi connectivity index (χ0) is 14.8. The molecule has 3 unspecified atom stereocenters. The molecule has 0 spiro atoms. The van der Waals surface area contributed by atoms with E-state index in [0.717, 1.165) is 18.4 Å². The van der Waals surface area contributed by atoms with E-state index in [9.17, 15) is 8.42 Å². The molecule has 4 nitrogen and oxygen atoms in total. The highest BCUT2D eigenvalue weighted by Gasteiger charge is 2.28. The molecular formula is C15H23NO3S. The first-order valence-corrected chi connectivity index (χ1v) is 8.90. The fraction of sp³-hybridized carbons (Fsp3) is 0.600. The predicted molar refractivity (Wildman–Crippen MR) is 79.5 cm³/mol. The lowest BCUT2D eigenvalue weighted by atomic mass is 10.1.